The number of hydrogen-bond donors (Lipinski definition) is 2. The molecule has 136 valence electrons. The van der Waals surface area contributed by atoms with Crippen LogP contribution in [0.1, 0.15) is 12.5 Å². The molecule has 2 aromatic rings. The molecule has 6 nitrogen and oxygen atoms in total. The van der Waals surface area contributed by atoms with Crippen LogP contribution in [0.3, 0.4) is 0 Å². The summed E-state index contributed by atoms with van der Waals surface area (Å²) >= 11 is 9.63. The predicted octanol–water partition coefficient (Wildman–Crippen LogP) is 4.01. The zero-order chi connectivity index (χ0) is 18.7. The Hall–Kier alpha value is -2.25. The number of amides is 2. The van der Waals surface area contributed by atoms with Crippen LogP contribution in [0.2, 0.25) is 5.02 Å². The Morgan fingerprint density at radius 3 is 2.46 bits per heavy atom. The Morgan fingerprint density at radius 2 is 1.81 bits per heavy atom. The summed E-state index contributed by atoms with van der Waals surface area (Å²) < 4.78 is 11.8. The van der Waals surface area contributed by atoms with Gasteiger partial charge in [-0.15, -0.1) is 0 Å². The average molecular weight is 440 g/mol. The maximum absolute atomic E-state index is 12.4. The van der Waals surface area contributed by atoms with Gasteiger partial charge in [-0.1, -0.05) is 27.5 Å². The molecule has 1 aliphatic rings. The molecule has 3 rings (SSSR count). The van der Waals surface area contributed by atoms with Crippen LogP contribution in [0.4, 0.5) is 11.4 Å². The van der Waals surface area contributed by atoms with Gasteiger partial charge in [-0.3, -0.25) is 9.59 Å². The molecule has 26 heavy (non-hydrogen) atoms. The summed E-state index contributed by atoms with van der Waals surface area (Å²) in [5.41, 5.74) is 1.81. The van der Waals surface area contributed by atoms with Crippen molar-refractivity contribution >= 4 is 50.7 Å². The number of halogens is 2. The Kier molecular flexibility index (Phi) is 5.68. The molecule has 0 spiro atoms. The number of fused-ring (bicyclic) bond motifs is 1. The van der Waals surface area contributed by atoms with Crippen molar-refractivity contribution < 1.29 is 19.1 Å². The molecular formula is C18H16BrClN2O4. The third-order valence-corrected chi connectivity index (χ3v) is 4.68. The first-order chi connectivity index (χ1) is 12.4. The Bertz CT molecular complexity index is 873. The van der Waals surface area contributed by atoms with Gasteiger partial charge >= 0.3 is 0 Å². The number of nitrogens with one attached hydrogen (secondary N) is 2. The first-order valence-electron chi connectivity index (χ1n) is 7.87. The van der Waals surface area contributed by atoms with E-state index in [-0.39, 0.29) is 18.2 Å². The Morgan fingerprint density at radius 1 is 1.12 bits per heavy atom. The van der Waals surface area contributed by atoms with Gasteiger partial charge in [0.1, 0.15) is 13.2 Å². The molecular weight excluding hydrogens is 424 g/mol. The first kappa shape index (κ1) is 18.5. The zero-order valence-electron chi connectivity index (χ0n) is 13.9. The third kappa shape index (κ3) is 4.47. The van der Waals surface area contributed by atoms with Crippen LogP contribution in [0.15, 0.2) is 34.8 Å². The lowest BCUT2D eigenvalue weighted by Crippen LogP contribution is -2.17. The Labute approximate surface area is 163 Å². The lowest BCUT2D eigenvalue weighted by Gasteiger charge is -2.20. The summed E-state index contributed by atoms with van der Waals surface area (Å²) in [7, 11) is 0. The van der Waals surface area contributed by atoms with Crippen molar-refractivity contribution in [1.82, 2.24) is 0 Å². The fourth-order valence-electron chi connectivity index (χ4n) is 2.51. The topological polar surface area (TPSA) is 76.7 Å². The van der Waals surface area contributed by atoms with Crippen molar-refractivity contribution in [2.24, 2.45) is 0 Å². The van der Waals surface area contributed by atoms with Crippen LogP contribution in [0, 0.1) is 0 Å². The van der Waals surface area contributed by atoms with Crippen LogP contribution in [-0.2, 0) is 16.0 Å². The van der Waals surface area contributed by atoms with Crippen molar-refractivity contribution in [2.45, 2.75) is 13.3 Å². The molecule has 0 unspecified atom stereocenters. The maximum Gasteiger partial charge on any atom is 0.228 e. The van der Waals surface area contributed by atoms with E-state index in [0.29, 0.717) is 41.1 Å². The first-order valence-corrected chi connectivity index (χ1v) is 9.04. The molecule has 2 N–H and O–H groups in total. The van der Waals surface area contributed by atoms with Gasteiger partial charge in [-0.05, 0) is 35.9 Å². The molecule has 0 fully saturated rings. The van der Waals surface area contributed by atoms with Crippen LogP contribution in [0.25, 0.3) is 0 Å². The third-order valence-electron chi connectivity index (χ3n) is 3.63. The average Bonchev–Trinajstić information content (AvgIpc) is 2.57. The Balaban J connectivity index is 1.70. The fourth-order valence-corrected chi connectivity index (χ4v) is 3.20. The molecule has 0 saturated heterocycles. The van der Waals surface area contributed by atoms with E-state index in [1.807, 2.05) is 0 Å². The van der Waals surface area contributed by atoms with Gasteiger partial charge in [-0.25, -0.2) is 0 Å². The number of carbonyl (C=O) groups excluding carboxylic acids is 2. The summed E-state index contributed by atoms with van der Waals surface area (Å²) in [6, 6.07) is 8.48. The van der Waals surface area contributed by atoms with Gasteiger partial charge in [0.2, 0.25) is 11.8 Å². The molecule has 0 aromatic heterocycles. The molecule has 0 atom stereocenters. The van der Waals surface area contributed by atoms with Gasteiger partial charge in [0.05, 0.1) is 17.1 Å². The lowest BCUT2D eigenvalue weighted by molar-refractivity contribution is -0.116. The van der Waals surface area contributed by atoms with E-state index in [2.05, 4.69) is 26.6 Å². The molecule has 1 aliphatic heterocycles. The highest BCUT2D eigenvalue weighted by Crippen LogP contribution is 2.36. The summed E-state index contributed by atoms with van der Waals surface area (Å²) in [6.45, 7) is 2.40. The van der Waals surface area contributed by atoms with Gasteiger partial charge in [0.15, 0.2) is 11.5 Å². The second-order valence-electron chi connectivity index (χ2n) is 5.69. The SMILES string of the molecule is CC(=O)Nc1ccc(NC(=O)Cc2cc3c(cc2Br)OCCO3)c(Cl)c1. The van der Waals surface area contributed by atoms with Gasteiger partial charge in [0.25, 0.3) is 0 Å². The molecule has 0 radical (unpaired) electrons. The lowest BCUT2D eigenvalue weighted by atomic mass is 10.1. The zero-order valence-corrected chi connectivity index (χ0v) is 16.2. The van der Waals surface area contributed by atoms with Crippen LogP contribution in [0.5, 0.6) is 11.5 Å². The van der Waals surface area contributed by atoms with Gasteiger partial charge in [0, 0.05) is 17.1 Å². The highest BCUT2D eigenvalue weighted by Gasteiger charge is 2.17. The van der Waals surface area contributed by atoms with E-state index in [1.165, 1.54) is 6.92 Å². The standard InChI is InChI=1S/C18H16BrClN2O4/c1-10(23)21-12-2-3-15(14(20)8-12)22-18(24)7-11-6-16-17(9-13(11)19)26-5-4-25-16/h2-3,6,8-9H,4-5,7H2,1H3,(H,21,23)(H,22,24). The minimum absolute atomic E-state index is 0.140. The number of hydrogen-bond acceptors (Lipinski definition) is 4. The van der Waals surface area contributed by atoms with Crippen molar-refractivity contribution in [3.63, 3.8) is 0 Å². The van der Waals surface area contributed by atoms with E-state index in [4.69, 9.17) is 21.1 Å². The van der Waals surface area contributed by atoms with E-state index in [0.717, 1.165) is 10.0 Å². The number of benzene rings is 2. The minimum atomic E-state index is -0.225. The van der Waals surface area contributed by atoms with E-state index in [1.54, 1.807) is 30.3 Å². The second-order valence-corrected chi connectivity index (χ2v) is 6.95. The predicted molar refractivity (Wildman–Crippen MR) is 103 cm³/mol. The molecule has 0 bridgehead atoms. The number of carbonyl (C=O) groups is 2. The molecule has 2 aromatic carbocycles. The van der Waals surface area contributed by atoms with E-state index < -0.39 is 0 Å². The van der Waals surface area contributed by atoms with Crippen molar-refractivity contribution in [3.05, 3.63) is 45.4 Å². The van der Waals surface area contributed by atoms with E-state index >= 15 is 0 Å². The second kappa shape index (κ2) is 7.97. The molecule has 0 aliphatic carbocycles. The number of rotatable bonds is 4. The fraction of sp³-hybridized carbons (Fsp3) is 0.222. The monoisotopic (exact) mass is 438 g/mol. The number of ether oxygens (including phenoxy) is 2. The normalized spacial score (nSPS) is 12.4. The largest absolute Gasteiger partial charge is 0.486 e. The summed E-state index contributed by atoms with van der Waals surface area (Å²) in [5.74, 6) is 0.863. The van der Waals surface area contributed by atoms with Crippen LogP contribution < -0.4 is 20.1 Å². The molecule has 1 heterocycles. The van der Waals surface area contributed by atoms with Crippen molar-refractivity contribution in [1.29, 1.82) is 0 Å². The number of anilines is 2. The molecule has 0 saturated carbocycles. The summed E-state index contributed by atoms with van der Waals surface area (Å²) in [4.78, 5) is 23.5. The minimum Gasteiger partial charge on any atom is -0.486 e. The van der Waals surface area contributed by atoms with Gasteiger partial charge in [-0.2, -0.15) is 0 Å². The highest BCUT2D eigenvalue weighted by atomic mass is 79.9. The summed E-state index contributed by atoms with van der Waals surface area (Å²) in [6.07, 6.45) is 0.140. The molecule has 2 amide bonds. The smallest absolute Gasteiger partial charge is 0.228 e. The van der Waals surface area contributed by atoms with Crippen LogP contribution >= 0.6 is 27.5 Å². The quantitative estimate of drug-likeness (QED) is 0.754. The van der Waals surface area contributed by atoms with Gasteiger partial charge < -0.3 is 20.1 Å². The maximum atomic E-state index is 12.4. The van der Waals surface area contributed by atoms with Crippen molar-refractivity contribution in [2.75, 3.05) is 23.8 Å². The van der Waals surface area contributed by atoms with Crippen molar-refractivity contribution in [3.8, 4) is 11.5 Å². The summed E-state index contributed by atoms with van der Waals surface area (Å²) in [5, 5.41) is 5.74. The van der Waals surface area contributed by atoms with Crippen LogP contribution in [-0.4, -0.2) is 25.0 Å². The molecule has 8 heteroatoms. The van der Waals surface area contributed by atoms with E-state index in [9.17, 15) is 9.59 Å². The highest BCUT2D eigenvalue weighted by molar-refractivity contribution is 9.10.